The van der Waals surface area contributed by atoms with Crippen LogP contribution in [0.1, 0.15) is 38.5 Å². The van der Waals surface area contributed by atoms with Crippen LogP contribution in [0.2, 0.25) is 0 Å². The Kier molecular flexibility index (Phi) is 2.86. The number of hydrogen-bond acceptors (Lipinski definition) is 4. The van der Waals surface area contributed by atoms with Gasteiger partial charge in [-0.2, -0.15) is 0 Å². The molecule has 0 N–H and O–H groups in total. The highest BCUT2D eigenvalue weighted by Gasteiger charge is 2.44. The van der Waals surface area contributed by atoms with Crippen molar-refractivity contribution >= 4 is 5.97 Å². The molecular weight excluding hydrogens is 208 g/mol. The number of carbonyl (C=O) groups is 1. The van der Waals surface area contributed by atoms with Crippen molar-refractivity contribution in [2.45, 2.75) is 57.0 Å². The molecule has 0 spiro atoms. The Morgan fingerprint density at radius 1 is 1.25 bits per heavy atom. The quantitative estimate of drug-likeness (QED) is 0.671. The third-order valence-corrected chi connectivity index (χ3v) is 3.78. The van der Waals surface area contributed by atoms with Gasteiger partial charge in [0, 0.05) is 18.9 Å². The summed E-state index contributed by atoms with van der Waals surface area (Å²) < 4.78 is 16.7. The van der Waals surface area contributed by atoms with Crippen molar-refractivity contribution in [1.29, 1.82) is 0 Å². The zero-order valence-electron chi connectivity index (χ0n) is 9.39. The van der Waals surface area contributed by atoms with Gasteiger partial charge in [-0.1, -0.05) is 0 Å². The summed E-state index contributed by atoms with van der Waals surface area (Å²) in [5.74, 6) is 0.350. The average Bonchev–Trinajstić information content (AvgIpc) is 2.76. The second-order valence-corrected chi connectivity index (χ2v) is 5.02. The SMILES string of the molecule is O=C1C[C@H]2C[C@@H](OC3CCCCO3)C[C@H]2O1. The lowest BCUT2D eigenvalue weighted by Crippen LogP contribution is -2.27. The van der Waals surface area contributed by atoms with Crippen LogP contribution in [0.3, 0.4) is 0 Å². The zero-order chi connectivity index (χ0) is 11.0. The molecule has 0 aromatic heterocycles. The highest BCUT2D eigenvalue weighted by atomic mass is 16.7. The fourth-order valence-electron chi connectivity index (χ4n) is 2.97. The van der Waals surface area contributed by atoms with Crippen molar-refractivity contribution in [3.05, 3.63) is 0 Å². The van der Waals surface area contributed by atoms with Gasteiger partial charge in [0.25, 0.3) is 0 Å². The highest BCUT2D eigenvalue weighted by molar-refractivity contribution is 5.72. The molecule has 0 radical (unpaired) electrons. The number of esters is 1. The molecule has 1 unspecified atom stereocenters. The molecule has 4 nitrogen and oxygen atoms in total. The molecule has 2 heterocycles. The van der Waals surface area contributed by atoms with Gasteiger partial charge in [-0.25, -0.2) is 0 Å². The van der Waals surface area contributed by atoms with E-state index in [-0.39, 0.29) is 24.5 Å². The summed E-state index contributed by atoms with van der Waals surface area (Å²) in [5.41, 5.74) is 0. The fraction of sp³-hybridized carbons (Fsp3) is 0.917. The molecule has 2 saturated heterocycles. The van der Waals surface area contributed by atoms with Crippen LogP contribution in [0.5, 0.6) is 0 Å². The molecule has 0 aromatic rings. The highest BCUT2D eigenvalue weighted by Crippen LogP contribution is 2.38. The average molecular weight is 226 g/mol. The lowest BCUT2D eigenvalue weighted by Gasteiger charge is -2.26. The Morgan fingerprint density at radius 3 is 2.94 bits per heavy atom. The largest absolute Gasteiger partial charge is 0.462 e. The third-order valence-electron chi connectivity index (χ3n) is 3.78. The van der Waals surface area contributed by atoms with E-state index < -0.39 is 0 Å². The Labute approximate surface area is 95.2 Å². The van der Waals surface area contributed by atoms with E-state index in [0.717, 1.165) is 32.3 Å². The van der Waals surface area contributed by atoms with Gasteiger partial charge in [0.15, 0.2) is 6.29 Å². The predicted octanol–water partition coefficient (Wildman–Crippen LogP) is 1.62. The topological polar surface area (TPSA) is 44.8 Å². The van der Waals surface area contributed by atoms with Crippen LogP contribution >= 0.6 is 0 Å². The summed E-state index contributed by atoms with van der Waals surface area (Å²) in [6, 6.07) is 0. The summed E-state index contributed by atoms with van der Waals surface area (Å²) in [4.78, 5) is 11.1. The lowest BCUT2D eigenvalue weighted by atomic mass is 10.1. The van der Waals surface area contributed by atoms with E-state index in [1.54, 1.807) is 0 Å². The van der Waals surface area contributed by atoms with Crippen LogP contribution in [-0.2, 0) is 19.0 Å². The minimum atomic E-state index is -0.0395. The zero-order valence-corrected chi connectivity index (χ0v) is 9.39. The molecule has 0 aromatic carbocycles. The smallest absolute Gasteiger partial charge is 0.306 e. The molecule has 1 aliphatic carbocycles. The minimum Gasteiger partial charge on any atom is -0.462 e. The molecular formula is C12H18O4. The van der Waals surface area contributed by atoms with Crippen LogP contribution in [0, 0.1) is 5.92 Å². The maximum atomic E-state index is 11.1. The van der Waals surface area contributed by atoms with E-state index in [2.05, 4.69) is 0 Å². The van der Waals surface area contributed by atoms with Gasteiger partial charge in [-0.15, -0.1) is 0 Å². The van der Waals surface area contributed by atoms with Crippen LogP contribution < -0.4 is 0 Å². The normalized spacial score (nSPS) is 43.1. The van der Waals surface area contributed by atoms with E-state index in [9.17, 15) is 4.79 Å². The maximum Gasteiger partial charge on any atom is 0.306 e. The number of ether oxygens (including phenoxy) is 3. The van der Waals surface area contributed by atoms with Gasteiger partial charge in [0.05, 0.1) is 12.5 Å². The first-order valence-electron chi connectivity index (χ1n) is 6.28. The van der Waals surface area contributed by atoms with Crippen molar-refractivity contribution in [2.75, 3.05) is 6.61 Å². The summed E-state index contributed by atoms with van der Waals surface area (Å²) in [7, 11) is 0. The molecule has 3 aliphatic rings. The van der Waals surface area contributed by atoms with E-state index in [0.29, 0.717) is 12.3 Å². The van der Waals surface area contributed by atoms with Gasteiger partial charge >= 0.3 is 5.97 Å². The van der Waals surface area contributed by atoms with E-state index in [1.165, 1.54) is 6.42 Å². The van der Waals surface area contributed by atoms with E-state index >= 15 is 0 Å². The molecule has 16 heavy (non-hydrogen) atoms. The summed E-state index contributed by atoms with van der Waals surface area (Å²) in [6.07, 6.45) is 6.06. The second kappa shape index (κ2) is 4.34. The monoisotopic (exact) mass is 226 g/mol. The van der Waals surface area contributed by atoms with Gasteiger partial charge in [-0.05, 0) is 25.7 Å². The molecule has 1 saturated carbocycles. The number of rotatable bonds is 2. The van der Waals surface area contributed by atoms with Crippen LogP contribution in [-0.4, -0.2) is 31.1 Å². The lowest BCUT2D eigenvalue weighted by molar-refractivity contribution is -0.188. The van der Waals surface area contributed by atoms with Crippen LogP contribution in [0.15, 0.2) is 0 Å². The van der Waals surface area contributed by atoms with Crippen LogP contribution in [0.4, 0.5) is 0 Å². The van der Waals surface area contributed by atoms with Crippen molar-refractivity contribution in [2.24, 2.45) is 5.92 Å². The Hall–Kier alpha value is -0.610. The van der Waals surface area contributed by atoms with Crippen molar-refractivity contribution < 1.29 is 19.0 Å². The standard InChI is InChI=1S/C12H18O4/c13-11-6-8-5-9(7-10(8)16-11)15-12-3-1-2-4-14-12/h8-10,12H,1-7H2/t8-,9-,10-,12?/m1/s1. The minimum absolute atomic E-state index is 0.0201. The first-order valence-corrected chi connectivity index (χ1v) is 6.28. The number of carbonyl (C=O) groups excluding carboxylic acids is 1. The van der Waals surface area contributed by atoms with Crippen molar-refractivity contribution in [3.8, 4) is 0 Å². The Bertz CT molecular complexity index is 256. The van der Waals surface area contributed by atoms with Gasteiger partial charge in [-0.3, -0.25) is 4.79 Å². The van der Waals surface area contributed by atoms with Crippen molar-refractivity contribution in [1.82, 2.24) is 0 Å². The maximum absolute atomic E-state index is 11.1. The summed E-state index contributed by atoms with van der Waals surface area (Å²) in [6.45, 7) is 0.819. The van der Waals surface area contributed by atoms with Gasteiger partial charge in [0.1, 0.15) is 6.10 Å². The molecule has 3 rings (SSSR count). The molecule has 2 aliphatic heterocycles. The Morgan fingerprint density at radius 2 is 2.19 bits per heavy atom. The molecule has 0 bridgehead atoms. The molecule has 4 heteroatoms. The van der Waals surface area contributed by atoms with E-state index in [1.807, 2.05) is 0 Å². The second-order valence-electron chi connectivity index (χ2n) is 5.02. The molecule has 90 valence electrons. The molecule has 0 amide bonds. The fourth-order valence-corrected chi connectivity index (χ4v) is 2.97. The van der Waals surface area contributed by atoms with Crippen molar-refractivity contribution in [3.63, 3.8) is 0 Å². The Balaban J connectivity index is 1.49. The van der Waals surface area contributed by atoms with Crippen LogP contribution in [0.25, 0.3) is 0 Å². The summed E-state index contributed by atoms with van der Waals surface area (Å²) >= 11 is 0. The number of hydrogen-bond donors (Lipinski definition) is 0. The molecule has 4 atom stereocenters. The third kappa shape index (κ3) is 2.09. The predicted molar refractivity (Wildman–Crippen MR) is 55.7 cm³/mol. The first kappa shape index (κ1) is 10.5. The van der Waals surface area contributed by atoms with E-state index in [4.69, 9.17) is 14.2 Å². The number of fused-ring (bicyclic) bond motifs is 1. The molecule has 3 fully saturated rings. The van der Waals surface area contributed by atoms with Gasteiger partial charge < -0.3 is 14.2 Å². The summed E-state index contributed by atoms with van der Waals surface area (Å²) in [5, 5.41) is 0. The van der Waals surface area contributed by atoms with Gasteiger partial charge in [0.2, 0.25) is 0 Å². The first-order chi connectivity index (χ1) is 7.81.